The first-order valence-electron chi connectivity index (χ1n) is 8.28. The summed E-state index contributed by atoms with van der Waals surface area (Å²) >= 11 is 0. The van der Waals surface area contributed by atoms with Crippen molar-refractivity contribution >= 4 is 11.9 Å². The van der Waals surface area contributed by atoms with Gasteiger partial charge in [0.25, 0.3) is 5.91 Å². The summed E-state index contributed by atoms with van der Waals surface area (Å²) in [5.41, 5.74) is 0. The van der Waals surface area contributed by atoms with Crippen LogP contribution in [0.25, 0.3) is 0 Å². The monoisotopic (exact) mass is 303 g/mol. The number of carbonyl (C=O) groups is 2. The number of aromatic nitrogens is 3. The highest BCUT2D eigenvalue weighted by Gasteiger charge is 2.46. The molecule has 1 aromatic rings. The molecule has 1 atom stereocenters. The lowest BCUT2D eigenvalue weighted by molar-refractivity contribution is -0.129. The fraction of sp³-hybridized carbons (Fsp3) is 0.733. The molecule has 2 fully saturated rings. The van der Waals surface area contributed by atoms with E-state index in [1.807, 2.05) is 0 Å². The molecule has 3 aliphatic rings. The number of hydrogen-bond donors (Lipinski definition) is 0. The van der Waals surface area contributed by atoms with Gasteiger partial charge in [0, 0.05) is 19.5 Å². The molecule has 0 aromatic carbocycles. The van der Waals surface area contributed by atoms with Gasteiger partial charge in [-0.05, 0) is 32.1 Å². The van der Waals surface area contributed by atoms with E-state index in [1.165, 1.54) is 11.3 Å². The molecule has 1 aromatic heterocycles. The third-order valence-corrected chi connectivity index (χ3v) is 5.02. The van der Waals surface area contributed by atoms with Gasteiger partial charge in [-0.15, -0.1) is 10.2 Å². The maximum absolute atomic E-state index is 12.5. The van der Waals surface area contributed by atoms with E-state index >= 15 is 0 Å². The summed E-state index contributed by atoms with van der Waals surface area (Å²) < 4.78 is 2.10. The molecule has 0 aliphatic carbocycles. The van der Waals surface area contributed by atoms with Crippen molar-refractivity contribution in [3.63, 3.8) is 0 Å². The topological polar surface area (TPSA) is 71.3 Å². The van der Waals surface area contributed by atoms with Gasteiger partial charge in [0.05, 0.1) is 6.54 Å². The highest BCUT2D eigenvalue weighted by molar-refractivity contribution is 6.04. The van der Waals surface area contributed by atoms with Gasteiger partial charge in [0.15, 0.2) is 5.82 Å². The Morgan fingerprint density at radius 3 is 2.73 bits per heavy atom. The highest BCUT2D eigenvalue weighted by atomic mass is 16.2. The van der Waals surface area contributed by atoms with Gasteiger partial charge in [-0.2, -0.15) is 0 Å². The lowest BCUT2D eigenvalue weighted by Gasteiger charge is -2.26. The minimum absolute atomic E-state index is 0.0596. The van der Waals surface area contributed by atoms with Crippen LogP contribution in [0, 0.1) is 0 Å². The van der Waals surface area contributed by atoms with Crippen LogP contribution >= 0.6 is 0 Å². The fourth-order valence-corrected chi connectivity index (χ4v) is 3.80. The van der Waals surface area contributed by atoms with Crippen molar-refractivity contribution < 1.29 is 9.59 Å². The number of imide groups is 1. The van der Waals surface area contributed by atoms with Gasteiger partial charge < -0.3 is 9.47 Å². The molecule has 4 heterocycles. The van der Waals surface area contributed by atoms with Crippen molar-refractivity contribution in [2.24, 2.45) is 0 Å². The summed E-state index contributed by atoms with van der Waals surface area (Å²) in [5.74, 6) is 1.68. The van der Waals surface area contributed by atoms with E-state index in [0.29, 0.717) is 6.54 Å². The lowest BCUT2D eigenvalue weighted by atomic mass is 10.0. The van der Waals surface area contributed by atoms with E-state index in [0.717, 1.165) is 56.7 Å². The van der Waals surface area contributed by atoms with E-state index in [1.54, 1.807) is 4.90 Å². The van der Waals surface area contributed by atoms with Crippen molar-refractivity contribution in [1.82, 2.24) is 24.6 Å². The van der Waals surface area contributed by atoms with E-state index < -0.39 is 0 Å². The number of hydrogen-bond acceptors (Lipinski definition) is 4. The quantitative estimate of drug-likeness (QED) is 0.773. The number of piperidine rings is 1. The number of aryl methyl sites for hydroxylation is 1. The molecule has 7 nitrogen and oxygen atoms in total. The van der Waals surface area contributed by atoms with Crippen LogP contribution in [0.4, 0.5) is 4.79 Å². The molecule has 0 spiro atoms. The number of rotatable bonds is 2. The maximum atomic E-state index is 12.5. The second kappa shape index (κ2) is 5.37. The van der Waals surface area contributed by atoms with Crippen LogP contribution in [0.2, 0.25) is 0 Å². The first-order chi connectivity index (χ1) is 10.8. The molecule has 4 rings (SSSR count). The van der Waals surface area contributed by atoms with Gasteiger partial charge in [-0.3, -0.25) is 9.69 Å². The van der Waals surface area contributed by atoms with Crippen molar-refractivity contribution in [3.8, 4) is 0 Å². The molecule has 3 amide bonds. The van der Waals surface area contributed by atoms with Crippen LogP contribution in [0.1, 0.15) is 50.2 Å². The average molecular weight is 303 g/mol. The van der Waals surface area contributed by atoms with Crippen LogP contribution < -0.4 is 0 Å². The minimum atomic E-state index is -0.243. The molecular weight excluding hydrogens is 282 g/mol. The molecule has 0 saturated carbocycles. The van der Waals surface area contributed by atoms with E-state index in [-0.39, 0.29) is 24.5 Å². The van der Waals surface area contributed by atoms with Crippen molar-refractivity contribution in [2.45, 2.75) is 64.1 Å². The van der Waals surface area contributed by atoms with Gasteiger partial charge in [0.2, 0.25) is 0 Å². The Hall–Kier alpha value is -1.92. The van der Waals surface area contributed by atoms with Crippen molar-refractivity contribution in [1.29, 1.82) is 0 Å². The second-order valence-electron chi connectivity index (χ2n) is 6.41. The van der Waals surface area contributed by atoms with Crippen LogP contribution in [0.15, 0.2) is 0 Å². The van der Waals surface area contributed by atoms with Crippen LogP contribution in [-0.2, 0) is 24.3 Å². The maximum Gasteiger partial charge on any atom is 0.327 e. The predicted octanol–water partition coefficient (Wildman–Crippen LogP) is 1.32. The zero-order valence-electron chi connectivity index (χ0n) is 12.7. The fourth-order valence-electron chi connectivity index (χ4n) is 3.80. The summed E-state index contributed by atoms with van der Waals surface area (Å²) in [6.45, 7) is 1.85. The Morgan fingerprint density at radius 2 is 1.86 bits per heavy atom. The highest BCUT2D eigenvalue weighted by Crippen LogP contribution is 2.28. The van der Waals surface area contributed by atoms with E-state index in [4.69, 9.17) is 0 Å². The Kier molecular flexibility index (Phi) is 3.35. The molecule has 22 heavy (non-hydrogen) atoms. The first-order valence-corrected chi connectivity index (χ1v) is 8.28. The van der Waals surface area contributed by atoms with Gasteiger partial charge in [-0.25, -0.2) is 4.79 Å². The van der Waals surface area contributed by atoms with Gasteiger partial charge in [-0.1, -0.05) is 6.42 Å². The zero-order valence-corrected chi connectivity index (χ0v) is 12.7. The Balaban J connectivity index is 1.57. The summed E-state index contributed by atoms with van der Waals surface area (Å²) in [4.78, 5) is 28.1. The van der Waals surface area contributed by atoms with E-state index in [9.17, 15) is 9.59 Å². The first kappa shape index (κ1) is 13.7. The van der Waals surface area contributed by atoms with Crippen molar-refractivity contribution in [3.05, 3.63) is 11.6 Å². The number of urea groups is 1. The molecule has 2 saturated heterocycles. The Morgan fingerprint density at radius 1 is 1.00 bits per heavy atom. The average Bonchev–Trinajstić information content (AvgIpc) is 2.91. The summed E-state index contributed by atoms with van der Waals surface area (Å²) in [6, 6.07) is -0.395. The van der Waals surface area contributed by atoms with Gasteiger partial charge in [0.1, 0.15) is 11.9 Å². The largest absolute Gasteiger partial charge is 0.327 e. The molecule has 3 aliphatic heterocycles. The third-order valence-electron chi connectivity index (χ3n) is 5.02. The molecule has 0 radical (unpaired) electrons. The molecule has 0 bridgehead atoms. The zero-order chi connectivity index (χ0) is 15.1. The number of nitrogens with zero attached hydrogens (tertiary/aromatic N) is 5. The molecular formula is C15H21N5O2. The van der Waals surface area contributed by atoms with Crippen LogP contribution in [0.3, 0.4) is 0 Å². The number of fused-ring (bicyclic) bond motifs is 2. The normalized spacial score (nSPS) is 25.2. The van der Waals surface area contributed by atoms with E-state index in [2.05, 4.69) is 14.8 Å². The lowest BCUT2D eigenvalue weighted by Crippen LogP contribution is -2.39. The Labute approximate surface area is 129 Å². The summed E-state index contributed by atoms with van der Waals surface area (Å²) in [7, 11) is 0. The molecule has 118 valence electrons. The summed E-state index contributed by atoms with van der Waals surface area (Å²) in [6.07, 6.45) is 7.17. The number of amides is 3. The van der Waals surface area contributed by atoms with Crippen LogP contribution in [0.5, 0.6) is 0 Å². The molecule has 1 unspecified atom stereocenters. The van der Waals surface area contributed by atoms with Crippen LogP contribution in [-0.4, -0.2) is 49.1 Å². The second-order valence-corrected chi connectivity index (χ2v) is 6.41. The molecule has 7 heteroatoms. The molecule has 0 N–H and O–H groups in total. The smallest absolute Gasteiger partial charge is 0.313 e. The predicted molar refractivity (Wildman–Crippen MR) is 77.9 cm³/mol. The Bertz CT molecular complexity index is 587. The number of carbonyl (C=O) groups excluding carboxylic acids is 2. The standard InChI is InChI=1S/C15H21N5O2/c21-14-11-6-3-5-8-18(11)15(22)20(14)10-13-17-16-12-7-2-1-4-9-19(12)13/h11H,1-10H2. The third kappa shape index (κ3) is 2.10. The van der Waals surface area contributed by atoms with Crippen molar-refractivity contribution in [2.75, 3.05) is 6.54 Å². The minimum Gasteiger partial charge on any atom is -0.313 e. The van der Waals surface area contributed by atoms with Gasteiger partial charge >= 0.3 is 6.03 Å². The summed E-state index contributed by atoms with van der Waals surface area (Å²) in [5, 5.41) is 8.49. The SMILES string of the molecule is O=C1C2CCCCN2C(=O)N1Cc1nnc2n1CCCCC2.